The molecule has 1 saturated heterocycles. The van der Waals surface area contributed by atoms with Gasteiger partial charge >= 0.3 is 0 Å². The molecule has 2 rings (SSSR count). The summed E-state index contributed by atoms with van der Waals surface area (Å²) in [6.45, 7) is 3.00. The van der Waals surface area contributed by atoms with Crippen LogP contribution in [0.1, 0.15) is 29.0 Å². The van der Waals surface area contributed by atoms with E-state index in [9.17, 15) is 9.90 Å². The number of pyridine rings is 1. The van der Waals surface area contributed by atoms with Crippen LogP contribution in [-0.2, 0) is 0 Å². The summed E-state index contributed by atoms with van der Waals surface area (Å²) in [5.74, 6) is -0.0811. The van der Waals surface area contributed by atoms with Crippen molar-refractivity contribution in [2.24, 2.45) is 0 Å². The number of aliphatic hydroxyl groups excluding tert-OH is 1. The average molecular weight is 220 g/mol. The van der Waals surface area contributed by atoms with Gasteiger partial charge in [-0.25, -0.2) is 4.98 Å². The monoisotopic (exact) mass is 220 g/mol. The number of aryl methyl sites for hydroxylation is 1. The van der Waals surface area contributed by atoms with Gasteiger partial charge in [-0.2, -0.15) is 0 Å². The Morgan fingerprint density at radius 3 is 3.06 bits per heavy atom. The summed E-state index contributed by atoms with van der Waals surface area (Å²) in [5.41, 5.74) is 1.30. The maximum absolute atomic E-state index is 12.0. The Bertz CT molecular complexity index is 392. The van der Waals surface area contributed by atoms with E-state index < -0.39 is 0 Å². The van der Waals surface area contributed by atoms with Gasteiger partial charge in [0.2, 0.25) is 0 Å². The molecular weight excluding hydrogens is 204 g/mol. The van der Waals surface area contributed by atoms with Gasteiger partial charge in [-0.3, -0.25) is 4.79 Å². The lowest BCUT2D eigenvalue weighted by molar-refractivity contribution is 0.0469. The molecule has 2 heterocycles. The highest BCUT2D eigenvalue weighted by Crippen LogP contribution is 2.12. The Kier molecular flexibility index (Phi) is 3.19. The minimum Gasteiger partial charge on any atom is -0.391 e. The van der Waals surface area contributed by atoms with E-state index in [1.807, 2.05) is 19.1 Å². The predicted molar refractivity (Wildman–Crippen MR) is 60.1 cm³/mol. The average Bonchev–Trinajstić information content (AvgIpc) is 2.28. The van der Waals surface area contributed by atoms with Crippen LogP contribution >= 0.6 is 0 Å². The first-order valence-corrected chi connectivity index (χ1v) is 5.58. The van der Waals surface area contributed by atoms with Gasteiger partial charge in [0.25, 0.3) is 5.91 Å². The van der Waals surface area contributed by atoms with Crippen molar-refractivity contribution in [1.29, 1.82) is 0 Å². The maximum Gasteiger partial charge on any atom is 0.272 e. The number of rotatable bonds is 1. The molecule has 86 valence electrons. The second kappa shape index (κ2) is 4.61. The first-order valence-electron chi connectivity index (χ1n) is 5.58. The van der Waals surface area contributed by atoms with Gasteiger partial charge in [-0.05, 0) is 31.9 Å². The molecule has 1 N–H and O–H groups in total. The second-order valence-electron chi connectivity index (χ2n) is 4.21. The summed E-state index contributed by atoms with van der Waals surface area (Å²) < 4.78 is 0. The SMILES string of the molecule is Cc1cccc(C(=O)N2CCC[C@H](O)C2)n1. The molecule has 0 aromatic carbocycles. The minimum absolute atomic E-state index is 0.0811. The molecule has 1 aromatic heterocycles. The van der Waals surface area contributed by atoms with Crippen LogP contribution in [0, 0.1) is 6.92 Å². The fraction of sp³-hybridized carbons (Fsp3) is 0.500. The van der Waals surface area contributed by atoms with Crippen LogP contribution in [0.5, 0.6) is 0 Å². The number of hydrogen-bond acceptors (Lipinski definition) is 3. The summed E-state index contributed by atoms with van der Waals surface area (Å²) in [7, 11) is 0. The number of piperidine rings is 1. The molecular formula is C12H16N2O2. The molecule has 0 spiro atoms. The van der Waals surface area contributed by atoms with Crippen LogP contribution in [0.25, 0.3) is 0 Å². The van der Waals surface area contributed by atoms with Gasteiger partial charge in [0.05, 0.1) is 6.10 Å². The molecule has 16 heavy (non-hydrogen) atoms. The molecule has 0 saturated carbocycles. The Morgan fingerprint density at radius 2 is 2.38 bits per heavy atom. The number of carbonyl (C=O) groups is 1. The van der Waals surface area contributed by atoms with Crippen LogP contribution in [0.15, 0.2) is 18.2 Å². The fourth-order valence-corrected chi connectivity index (χ4v) is 1.96. The molecule has 1 aliphatic rings. The highest BCUT2D eigenvalue weighted by atomic mass is 16.3. The number of likely N-dealkylation sites (tertiary alicyclic amines) is 1. The Labute approximate surface area is 94.9 Å². The minimum atomic E-state index is -0.387. The van der Waals surface area contributed by atoms with Crippen LogP contribution in [0.4, 0.5) is 0 Å². The van der Waals surface area contributed by atoms with Gasteiger partial charge < -0.3 is 10.0 Å². The smallest absolute Gasteiger partial charge is 0.272 e. The van der Waals surface area contributed by atoms with E-state index in [2.05, 4.69) is 4.98 Å². The number of nitrogens with zero attached hydrogens (tertiary/aromatic N) is 2. The van der Waals surface area contributed by atoms with Crippen LogP contribution in [0.2, 0.25) is 0 Å². The molecule has 1 aliphatic heterocycles. The van der Waals surface area contributed by atoms with E-state index in [4.69, 9.17) is 0 Å². The van der Waals surface area contributed by atoms with Crippen molar-refractivity contribution in [3.63, 3.8) is 0 Å². The lowest BCUT2D eigenvalue weighted by Gasteiger charge is -2.29. The molecule has 4 nitrogen and oxygen atoms in total. The summed E-state index contributed by atoms with van der Waals surface area (Å²) in [6.07, 6.45) is 1.26. The zero-order valence-electron chi connectivity index (χ0n) is 9.39. The number of hydrogen-bond donors (Lipinski definition) is 1. The number of aromatic nitrogens is 1. The van der Waals surface area contributed by atoms with Crippen LogP contribution in [-0.4, -0.2) is 40.1 Å². The number of aliphatic hydroxyl groups is 1. The first kappa shape index (κ1) is 11.1. The predicted octanol–water partition coefficient (Wildman–Crippen LogP) is 0.987. The van der Waals surface area contributed by atoms with Crippen molar-refractivity contribution in [2.45, 2.75) is 25.9 Å². The highest BCUT2D eigenvalue weighted by molar-refractivity contribution is 5.92. The third-order valence-electron chi connectivity index (χ3n) is 2.79. The standard InChI is InChI=1S/C12H16N2O2/c1-9-4-2-6-11(13-9)12(16)14-7-3-5-10(15)8-14/h2,4,6,10,15H,3,5,7-8H2,1H3/t10-/m0/s1. The Balaban J connectivity index is 2.12. The topological polar surface area (TPSA) is 53.4 Å². The van der Waals surface area contributed by atoms with E-state index in [0.717, 1.165) is 18.5 Å². The van der Waals surface area contributed by atoms with Crippen LogP contribution in [0.3, 0.4) is 0 Å². The number of β-amino-alcohol motifs (C(OH)–C–C–N with tert-alkyl or cyclic N) is 1. The van der Waals surface area contributed by atoms with Crippen molar-refractivity contribution in [1.82, 2.24) is 9.88 Å². The summed E-state index contributed by atoms with van der Waals surface area (Å²) in [5, 5.41) is 9.52. The lowest BCUT2D eigenvalue weighted by Crippen LogP contribution is -2.42. The summed E-state index contributed by atoms with van der Waals surface area (Å²) in [4.78, 5) is 17.9. The molecule has 1 fully saturated rings. The second-order valence-corrected chi connectivity index (χ2v) is 4.21. The molecule has 1 atom stereocenters. The Morgan fingerprint density at radius 1 is 1.56 bits per heavy atom. The fourth-order valence-electron chi connectivity index (χ4n) is 1.96. The lowest BCUT2D eigenvalue weighted by atomic mass is 10.1. The van der Waals surface area contributed by atoms with Crippen molar-refractivity contribution in [2.75, 3.05) is 13.1 Å². The number of carbonyl (C=O) groups excluding carboxylic acids is 1. The van der Waals surface area contributed by atoms with Gasteiger partial charge in [0, 0.05) is 18.8 Å². The van der Waals surface area contributed by atoms with Crippen molar-refractivity contribution < 1.29 is 9.90 Å². The maximum atomic E-state index is 12.0. The van der Waals surface area contributed by atoms with E-state index >= 15 is 0 Å². The van der Waals surface area contributed by atoms with Gasteiger partial charge in [-0.1, -0.05) is 6.07 Å². The first-order chi connectivity index (χ1) is 7.66. The van der Waals surface area contributed by atoms with E-state index in [0.29, 0.717) is 18.8 Å². The normalized spacial score (nSPS) is 20.9. The van der Waals surface area contributed by atoms with Gasteiger partial charge in [-0.15, -0.1) is 0 Å². The van der Waals surface area contributed by atoms with Crippen molar-refractivity contribution in [3.8, 4) is 0 Å². The van der Waals surface area contributed by atoms with Crippen molar-refractivity contribution >= 4 is 5.91 Å². The molecule has 1 amide bonds. The number of amides is 1. The molecule has 1 aromatic rings. The molecule has 0 bridgehead atoms. The molecule has 0 radical (unpaired) electrons. The van der Waals surface area contributed by atoms with Gasteiger partial charge in [0.15, 0.2) is 0 Å². The molecule has 0 unspecified atom stereocenters. The van der Waals surface area contributed by atoms with Gasteiger partial charge in [0.1, 0.15) is 5.69 Å². The zero-order valence-corrected chi connectivity index (χ0v) is 9.39. The van der Waals surface area contributed by atoms with E-state index in [1.165, 1.54) is 0 Å². The Hall–Kier alpha value is -1.42. The van der Waals surface area contributed by atoms with Crippen molar-refractivity contribution in [3.05, 3.63) is 29.6 Å². The van der Waals surface area contributed by atoms with E-state index in [1.54, 1.807) is 11.0 Å². The molecule has 0 aliphatic carbocycles. The third kappa shape index (κ3) is 2.39. The summed E-state index contributed by atoms with van der Waals surface area (Å²) in [6, 6.07) is 5.41. The summed E-state index contributed by atoms with van der Waals surface area (Å²) >= 11 is 0. The molecule has 4 heteroatoms. The zero-order chi connectivity index (χ0) is 11.5. The third-order valence-corrected chi connectivity index (χ3v) is 2.79. The largest absolute Gasteiger partial charge is 0.391 e. The highest BCUT2D eigenvalue weighted by Gasteiger charge is 2.23. The van der Waals surface area contributed by atoms with Crippen LogP contribution < -0.4 is 0 Å². The van der Waals surface area contributed by atoms with E-state index in [-0.39, 0.29) is 12.0 Å². The quantitative estimate of drug-likeness (QED) is 0.767.